The molecule has 0 unspecified atom stereocenters. The third kappa shape index (κ3) is 2.90. The maximum Gasteiger partial charge on any atom is 0.231 e. The molecule has 1 heterocycles. The number of hydrogen-bond acceptors (Lipinski definition) is 3. The molecule has 1 aromatic carbocycles. The molecule has 1 atom stereocenters. The predicted molar refractivity (Wildman–Crippen MR) is 89.4 cm³/mol. The molecule has 1 N–H and O–H groups in total. The van der Waals surface area contributed by atoms with Gasteiger partial charge in [0.25, 0.3) is 0 Å². The predicted octanol–water partition coefficient (Wildman–Crippen LogP) is 3.56. The van der Waals surface area contributed by atoms with Crippen molar-refractivity contribution < 1.29 is 14.7 Å². The Kier molecular flexibility index (Phi) is 3.78. The summed E-state index contributed by atoms with van der Waals surface area (Å²) in [6.45, 7) is 5.93. The maximum atomic E-state index is 12.8. The fourth-order valence-electron chi connectivity index (χ4n) is 3.71. The second-order valence-electron chi connectivity index (χ2n) is 7.49. The number of carbonyl (C=O) groups is 2. The van der Waals surface area contributed by atoms with E-state index in [9.17, 15) is 14.7 Å². The number of amides is 1. The number of nitrogens with zero attached hydrogens (tertiary/aromatic N) is 1. The number of fused-ring (bicyclic) bond motifs is 1. The molecule has 1 amide bonds. The fourth-order valence-corrected chi connectivity index (χ4v) is 3.71. The first-order chi connectivity index (χ1) is 10.8. The number of Topliss-reactive ketones (excluding diaryl/α,β-unsaturated/α-hetero) is 1. The number of ketones is 1. The van der Waals surface area contributed by atoms with Crippen LogP contribution in [0.1, 0.15) is 45.6 Å². The van der Waals surface area contributed by atoms with Crippen LogP contribution in [-0.4, -0.2) is 22.8 Å². The minimum absolute atomic E-state index is 0.0145. The quantitative estimate of drug-likeness (QED) is 0.908. The summed E-state index contributed by atoms with van der Waals surface area (Å²) >= 11 is 0. The van der Waals surface area contributed by atoms with Gasteiger partial charge in [0, 0.05) is 30.1 Å². The minimum Gasteiger partial charge on any atom is -0.512 e. The van der Waals surface area contributed by atoms with E-state index in [0.717, 1.165) is 17.7 Å². The van der Waals surface area contributed by atoms with Gasteiger partial charge in [-0.15, -0.1) is 0 Å². The Balaban J connectivity index is 1.84. The van der Waals surface area contributed by atoms with E-state index in [0.29, 0.717) is 18.4 Å². The van der Waals surface area contributed by atoms with Crippen molar-refractivity contribution >= 4 is 17.4 Å². The summed E-state index contributed by atoms with van der Waals surface area (Å²) in [5.41, 5.74) is 2.14. The monoisotopic (exact) mass is 313 g/mol. The van der Waals surface area contributed by atoms with Crippen molar-refractivity contribution in [2.75, 3.05) is 4.90 Å². The van der Waals surface area contributed by atoms with Crippen LogP contribution in [0.15, 0.2) is 35.6 Å². The molecule has 122 valence electrons. The second kappa shape index (κ2) is 5.52. The SMILES string of the molecule is C[C@H]1Cc2ccccc2N1C(=O)CC1=C(O)CC(C)(C)CC1=O. The number of aliphatic hydroxyl groups is 1. The normalized spacial score (nSPS) is 23.2. The Morgan fingerprint density at radius 1 is 1.30 bits per heavy atom. The Morgan fingerprint density at radius 3 is 2.70 bits per heavy atom. The molecule has 23 heavy (non-hydrogen) atoms. The first-order valence-electron chi connectivity index (χ1n) is 8.13. The van der Waals surface area contributed by atoms with Crippen LogP contribution >= 0.6 is 0 Å². The maximum absolute atomic E-state index is 12.8. The average molecular weight is 313 g/mol. The van der Waals surface area contributed by atoms with Crippen molar-refractivity contribution in [2.24, 2.45) is 5.41 Å². The van der Waals surface area contributed by atoms with E-state index in [1.54, 1.807) is 4.90 Å². The van der Waals surface area contributed by atoms with Crippen LogP contribution in [0.25, 0.3) is 0 Å². The second-order valence-corrected chi connectivity index (χ2v) is 7.49. The third-order valence-corrected chi connectivity index (χ3v) is 4.77. The van der Waals surface area contributed by atoms with Crippen LogP contribution < -0.4 is 4.90 Å². The molecule has 0 aromatic heterocycles. The van der Waals surface area contributed by atoms with Crippen LogP contribution in [0, 0.1) is 5.41 Å². The summed E-state index contributed by atoms with van der Waals surface area (Å²) in [5, 5.41) is 10.2. The number of rotatable bonds is 2. The van der Waals surface area contributed by atoms with Gasteiger partial charge >= 0.3 is 0 Å². The largest absolute Gasteiger partial charge is 0.512 e. The lowest BCUT2D eigenvalue weighted by Gasteiger charge is -2.30. The number of anilines is 1. The van der Waals surface area contributed by atoms with Crippen LogP contribution in [0.4, 0.5) is 5.69 Å². The molecule has 0 saturated carbocycles. The zero-order valence-corrected chi connectivity index (χ0v) is 13.9. The molecule has 0 radical (unpaired) electrons. The Labute approximate surface area is 136 Å². The summed E-state index contributed by atoms with van der Waals surface area (Å²) < 4.78 is 0. The molecule has 4 nitrogen and oxygen atoms in total. The minimum atomic E-state index is -0.235. The molecule has 0 fully saturated rings. The van der Waals surface area contributed by atoms with Gasteiger partial charge in [-0.05, 0) is 30.4 Å². The van der Waals surface area contributed by atoms with Crippen LogP contribution in [0.2, 0.25) is 0 Å². The van der Waals surface area contributed by atoms with Crippen molar-refractivity contribution in [1.29, 1.82) is 0 Å². The third-order valence-electron chi connectivity index (χ3n) is 4.77. The lowest BCUT2D eigenvalue weighted by molar-refractivity contribution is -0.122. The standard InChI is InChI=1S/C19H23NO3/c1-12-8-13-6-4-5-7-15(13)20(12)18(23)9-14-16(21)10-19(2,3)11-17(14)22/h4-7,12,21H,8-11H2,1-3H3/t12-/m0/s1. The number of hydrogen-bond donors (Lipinski definition) is 1. The van der Waals surface area contributed by atoms with Crippen molar-refractivity contribution in [1.82, 2.24) is 0 Å². The highest BCUT2D eigenvalue weighted by Gasteiger charge is 2.36. The van der Waals surface area contributed by atoms with Gasteiger partial charge in [0.05, 0.1) is 6.42 Å². The molecule has 0 spiro atoms. The summed E-state index contributed by atoms with van der Waals surface area (Å²) in [5.74, 6) is -0.135. The van der Waals surface area contributed by atoms with Crippen molar-refractivity contribution in [3.63, 3.8) is 0 Å². The molecule has 2 aliphatic rings. The van der Waals surface area contributed by atoms with E-state index in [-0.39, 0.29) is 35.3 Å². The molecule has 1 aliphatic heterocycles. The molecular weight excluding hydrogens is 290 g/mol. The smallest absolute Gasteiger partial charge is 0.231 e. The molecule has 3 rings (SSSR count). The van der Waals surface area contributed by atoms with Gasteiger partial charge in [0.15, 0.2) is 5.78 Å². The number of carbonyl (C=O) groups excluding carboxylic acids is 2. The number of aliphatic hydroxyl groups excluding tert-OH is 1. The zero-order valence-electron chi connectivity index (χ0n) is 13.9. The van der Waals surface area contributed by atoms with Crippen LogP contribution in [-0.2, 0) is 16.0 Å². The Morgan fingerprint density at radius 2 is 2.00 bits per heavy atom. The molecule has 1 aromatic rings. The fraction of sp³-hybridized carbons (Fsp3) is 0.474. The van der Waals surface area contributed by atoms with Gasteiger partial charge in [-0.3, -0.25) is 9.59 Å². The van der Waals surface area contributed by atoms with Crippen molar-refractivity contribution in [3.8, 4) is 0 Å². The number of allylic oxidation sites excluding steroid dienone is 1. The topological polar surface area (TPSA) is 57.6 Å². The van der Waals surface area contributed by atoms with E-state index in [1.807, 2.05) is 45.0 Å². The van der Waals surface area contributed by atoms with E-state index >= 15 is 0 Å². The highest BCUT2D eigenvalue weighted by Crippen LogP contribution is 2.38. The van der Waals surface area contributed by atoms with Gasteiger partial charge in [-0.25, -0.2) is 0 Å². The first kappa shape index (κ1) is 15.8. The summed E-state index contributed by atoms with van der Waals surface area (Å²) in [6.07, 6.45) is 1.65. The molecular formula is C19H23NO3. The van der Waals surface area contributed by atoms with E-state index in [4.69, 9.17) is 0 Å². The molecule has 0 saturated heterocycles. The molecule has 1 aliphatic carbocycles. The summed E-state index contributed by atoms with van der Waals surface area (Å²) in [6, 6.07) is 7.95. The van der Waals surface area contributed by atoms with Gasteiger partial charge in [0.2, 0.25) is 5.91 Å². The van der Waals surface area contributed by atoms with E-state index in [1.165, 1.54) is 0 Å². The lowest BCUT2D eigenvalue weighted by Crippen LogP contribution is -2.37. The van der Waals surface area contributed by atoms with Gasteiger partial charge in [-0.2, -0.15) is 0 Å². The molecule has 0 bridgehead atoms. The summed E-state index contributed by atoms with van der Waals surface area (Å²) in [7, 11) is 0. The molecule has 4 heteroatoms. The highest BCUT2D eigenvalue weighted by molar-refractivity contribution is 6.06. The Bertz CT molecular complexity index is 702. The highest BCUT2D eigenvalue weighted by atomic mass is 16.3. The average Bonchev–Trinajstić information content (AvgIpc) is 2.77. The zero-order chi connectivity index (χ0) is 16.8. The van der Waals surface area contributed by atoms with Gasteiger partial charge in [-0.1, -0.05) is 32.0 Å². The Hall–Kier alpha value is -2.10. The first-order valence-corrected chi connectivity index (χ1v) is 8.13. The van der Waals surface area contributed by atoms with Gasteiger partial charge in [0.1, 0.15) is 5.76 Å². The van der Waals surface area contributed by atoms with E-state index in [2.05, 4.69) is 0 Å². The van der Waals surface area contributed by atoms with E-state index < -0.39 is 0 Å². The lowest BCUT2D eigenvalue weighted by atomic mass is 9.76. The van der Waals surface area contributed by atoms with Crippen molar-refractivity contribution in [2.45, 2.75) is 52.5 Å². The summed E-state index contributed by atoms with van der Waals surface area (Å²) in [4.78, 5) is 26.8. The number of benzene rings is 1. The van der Waals surface area contributed by atoms with Crippen molar-refractivity contribution in [3.05, 3.63) is 41.2 Å². The van der Waals surface area contributed by atoms with Gasteiger partial charge < -0.3 is 10.0 Å². The number of para-hydroxylation sites is 1. The van der Waals surface area contributed by atoms with Crippen LogP contribution in [0.5, 0.6) is 0 Å². The van der Waals surface area contributed by atoms with Crippen LogP contribution in [0.3, 0.4) is 0 Å².